The van der Waals surface area contributed by atoms with Gasteiger partial charge in [0.05, 0.1) is 19.6 Å². The molecule has 0 aromatic rings. The first kappa shape index (κ1) is 9.52. The highest BCUT2D eigenvalue weighted by molar-refractivity contribution is 5.56. The van der Waals surface area contributed by atoms with E-state index in [9.17, 15) is 4.79 Å². The van der Waals surface area contributed by atoms with Crippen LogP contribution in [0.4, 0.5) is 4.79 Å². The molecule has 1 rings (SSSR count). The summed E-state index contributed by atoms with van der Waals surface area (Å²) in [5.41, 5.74) is 0. The summed E-state index contributed by atoms with van der Waals surface area (Å²) in [6.07, 6.45) is 3.69. The summed E-state index contributed by atoms with van der Waals surface area (Å²) in [4.78, 5) is 11.0. The van der Waals surface area contributed by atoms with Gasteiger partial charge in [-0.3, -0.25) is 0 Å². The van der Waals surface area contributed by atoms with Crippen molar-refractivity contribution in [2.24, 2.45) is 0 Å². The van der Waals surface area contributed by atoms with Gasteiger partial charge in [-0.25, -0.2) is 4.48 Å². The number of hydrogen-bond acceptors (Lipinski definition) is 1. The molecular formula is C9H18NO2+. The summed E-state index contributed by atoms with van der Waals surface area (Å²) in [6, 6.07) is 0. The Morgan fingerprint density at radius 3 is 2.33 bits per heavy atom. The number of carbonyl (C=O) groups is 1. The van der Waals surface area contributed by atoms with Gasteiger partial charge in [0.25, 0.3) is 0 Å². The zero-order valence-corrected chi connectivity index (χ0v) is 7.75. The van der Waals surface area contributed by atoms with Gasteiger partial charge in [0, 0.05) is 0 Å². The van der Waals surface area contributed by atoms with Crippen molar-refractivity contribution in [1.82, 2.24) is 0 Å². The number of piperidine rings is 1. The second-order valence-corrected chi connectivity index (χ2v) is 3.66. The maximum atomic E-state index is 11.0. The van der Waals surface area contributed by atoms with E-state index in [1.807, 2.05) is 0 Å². The predicted molar refractivity (Wildman–Crippen MR) is 47.0 cm³/mol. The van der Waals surface area contributed by atoms with Gasteiger partial charge >= 0.3 is 6.09 Å². The highest BCUT2D eigenvalue weighted by Gasteiger charge is 2.36. The average molecular weight is 172 g/mol. The summed E-state index contributed by atoms with van der Waals surface area (Å²) in [5.74, 6) is 0. The Hall–Kier alpha value is -0.570. The lowest BCUT2D eigenvalue weighted by molar-refractivity contribution is -0.862. The Labute approximate surface area is 73.6 Å². The normalized spacial score (nSPS) is 22.1. The van der Waals surface area contributed by atoms with Crippen LogP contribution in [0.15, 0.2) is 0 Å². The van der Waals surface area contributed by atoms with Crippen molar-refractivity contribution in [2.45, 2.75) is 32.6 Å². The molecule has 1 aliphatic heterocycles. The Morgan fingerprint density at radius 2 is 1.92 bits per heavy atom. The number of likely N-dealkylation sites (tertiary alicyclic amines) is 1. The minimum atomic E-state index is -0.628. The van der Waals surface area contributed by atoms with Crippen molar-refractivity contribution in [1.29, 1.82) is 0 Å². The fraction of sp³-hybridized carbons (Fsp3) is 0.889. The lowest BCUT2D eigenvalue weighted by Crippen LogP contribution is -2.55. The van der Waals surface area contributed by atoms with Crippen molar-refractivity contribution < 1.29 is 14.4 Å². The van der Waals surface area contributed by atoms with Crippen LogP contribution in [-0.4, -0.2) is 35.3 Å². The number of rotatable bonds is 2. The molecule has 0 aromatic heterocycles. The van der Waals surface area contributed by atoms with Crippen LogP contribution in [0.25, 0.3) is 0 Å². The summed E-state index contributed by atoms with van der Waals surface area (Å²) in [7, 11) is 0. The third-order valence-electron chi connectivity index (χ3n) is 2.73. The molecule has 1 fully saturated rings. The minimum Gasteiger partial charge on any atom is -0.435 e. The molecule has 1 N–H and O–H groups in total. The van der Waals surface area contributed by atoms with Crippen LogP contribution in [0.2, 0.25) is 0 Å². The van der Waals surface area contributed by atoms with Crippen LogP contribution in [-0.2, 0) is 0 Å². The molecule has 0 radical (unpaired) electrons. The molecule has 0 atom stereocenters. The smallest absolute Gasteiger partial charge is 0.435 e. The van der Waals surface area contributed by atoms with Crippen molar-refractivity contribution in [3.05, 3.63) is 0 Å². The monoisotopic (exact) mass is 172 g/mol. The van der Waals surface area contributed by atoms with Gasteiger partial charge in [0.2, 0.25) is 0 Å². The lowest BCUT2D eigenvalue weighted by Gasteiger charge is -2.35. The van der Waals surface area contributed by atoms with E-state index < -0.39 is 6.09 Å². The van der Waals surface area contributed by atoms with Crippen LogP contribution in [0.3, 0.4) is 0 Å². The Bertz CT molecular complexity index is 156. The van der Waals surface area contributed by atoms with Gasteiger partial charge in [0.15, 0.2) is 0 Å². The number of amides is 1. The fourth-order valence-electron chi connectivity index (χ4n) is 2.06. The number of nitrogens with zero attached hydrogens (tertiary/aromatic N) is 1. The van der Waals surface area contributed by atoms with Gasteiger partial charge in [-0.2, -0.15) is 4.79 Å². The van der Waals surface area contributed by atoms with E-state index >= 15 is 0 Å². The molecule has 1 amide bonds. The molecular weight excluding hydrogens is 154 g/mol. The first-order chi connectivity index (χ1) is 5.71. The van der Waals surface area contributed by atoms with E-state index in [0.29, 0.717) is 4.48 Å². The van der Waals surface area contributed by atoms with Gasteiger partial charge < -0.3 is 5.11 Å². The SMILES string of the molecule is CCC[N+]1(C(=O)O)CCCCC1. The number of quaternary nitrogens is 1. The van der Waals surface area contributed by atoms with E-state index in [1.165, 1.54) is 6.42 Å². The first-order valence-electron chi connectivity index (χ1n) is 4.81. The summed E-state index contributed by atoms with van der Waals surface area (Å²) >= 11 is 0. The molecule has 0 aromatic carbocycles. The zero-order valence-electron chi connectivity index (χ0n) is 7.75. The molecule has 3 heteroatoms. The topological polar surface area (TPSA) is 37.3 Å². The number of carboxylic acid groups (broad SMARTS) is 1. The largest absolute Gasteiger partial charge is 0.513 e. The molecule has 0 aliphatic carbocycles. The predicted octanol–water partition coefficient (Wildman–Crippen LogP) is 2.08. The van der Waals surface area contributed by atoms with Crippen molar-refractivity contribution in [3.8, 4) is 0 Å². The second kappa shape index (κ2) is 3.90. The minimum absolute atomic E-state index is 0.316. The third-order valence-corrected chi connectivity index (χ3v) is 2.73. The van der Waals surface area contributed by atoms with Gasteiger partial charge in [-0.05, 0) is 25.7 Å². The van der Waals surface area contributed by atoms with Crippen molar-refractivity contribution in [3.63, 3.8) is 0 Å². The van der Waals surface area contributed by atoms with Crippen LogP contribution >= 0.6 is 0 Å². The molecule has 0 bridgehead atoms. The Morgan fingerprint density at radius 1 is 1.33 bits per heavy atom. The van der Waals surface area contributed by atoms with Crippen LogP contribution in [0.5, 0.6) is 0 Å². The van der Waals surface area contributed by atoms with E-state index in [0.717, 1.165) is 38.9 Å². The van der Waals surface area contributed by atoms with Crippen LogP contribution in [0, 0.1) is 0 Å². The molecule has 1 aliphatic rings. The van der Waals surface area contributed by atoms with Crippen LogP contribution < -0.4 is 0 Å². The van der Waals surface area contributed by atoms with Gasteiger partial charge in [-0.1, -0.05) is 6.92 Å². The lowest BCUT2D eigenvalue weighted by atomic mass is 10.1. The van der Waals surface area contributed by atoms with E-state index in [1.54, 1.807) is 0 Å². The molecule has 1 heterocycles. The summed E-state index contributed by atoms with van der Waals surface area (Å²) < 4.78 is 0.316. The molecule has 12 heavy (non-hydrogen) atoms. The summed E-state index contributed by atoms with van der Waals surface area (Å²) in [5, 5.41) is 9.09. The average Bonchev–Trinajstić information content (AvgIpc) is 2.06. The molecule has 1 saturated heterocycles. The van der Waals surface area contributed by atoms with Crippen molar-refractivity contribution in [2.75, 3.05) is 19.6 Å². The highest BCUT2D eigenvalue weighted by Crippen LogP contribution is 2.19. The highest BCUT2D eigenvalue weighted by atomic mass is 16.4. The first-order valence-corrected chi connectivity index (χ1v) is 4.81. The molecule has 0 saturated carbocycles. The zero-order chi connectivity index (χ0) is 9.03. The fourth-order valence-corrected chi connectivity index (χ4v) is 2.06. The van der Waals surface area contributed by atoms with E-state index in [4.69, 9.17) is 5.11 Å². The molecule has 0 unspecified atom stereocenters. The van der Waals surface area contributed by atoms with Crippen molar-refractivity contribution >= 4 is 6.09 Å². The van der Waals surface area contributed by atoms with E-state index in [-0.39, 0.29) is 0 Å². The van der Waals surface area contributed by atoms with Gasteiger partial charge in [0.1, 0.15) is 0 Å². The maximum Gasteiger partial charge on any atom is 0.513 e. The molecule has 0 spiro atoms. The Kier molecular flexibility index (Phi) is 3.09. The molecule has 70 valence electrons. The summed E-state index contributed by atoms with van der Waals surface area (Å²) in [6.45, 7) is 4.53. The van der Waals surface area contributed by atoms with Gasteiger partial charge in [-0.15, -0.1) is 0 Å². The molecule has 3 nitrogen and oxygen atoms in total. The quantitative estimate of drug-likeness (QED) is 0.647. The maximum absolute atomic E-state index is 11.0. The standard InChI is InChI=1S/C9H17NO2/c1-2-6-10(9(11)12)7-4-3-5-8-10/h2-8H2,1H3/p+1. The third kappa shape index (κ3) is 1.78. The second-order valence-electron chi connectivity index (χ2n) is 3.66. The number of hydrogen-bond donors (Lipinski definition) is 1. The van der Waals surface area contributed by atoms with E-state index in [2.05, 4.69) is 6.92 Å². The van der Waals surface area contributed by atoms with Crippen LogP contribution in [0.1, 0.15) is 32.6 Å². The Balaban J connectivity index is 2.63.